The molecule has 0 aliphatic carbocycles. The Hall–Kier alpha value is -3.00. The molecule has 0 saturated carbocycles. The van der Waals surface area contributed by atoms with E-state index < -0.39 is 23.4 Å². The maximum atomic E-state index is 13.0. The van der Waals surface area contributed by atoms with Crippen LogP contribution in [0.15, 0.2) is 46.7 Å². The fourth-order valence-corrected chi connectivity index (χ4v) is 4.43. The Kier molecular flexibility index (Phi) is 4.27. The van der Waals surface area contributed by atoms with Gasteiger partial charge in [-0.3, -0.25) is 18.8 Å². The molecule has 1 aromatic carbocycles. The fourth-order valence-electron chi connectivity index (χ4n) is 3.60. The van der Waals surface area contributed by atoms with Crippen LogP contribution in [0.3, 0.4) is 0 Å². The molecule has 1 amide bonds. The molecule has 1 fully saturated rings. The summed E-state index contributed by atoms with van der Waals surface area (Å²) in [6.45, 7) is 2.10. The number of fused-ring (bicyclic) bond motifs is 1. The quantitative estimate of drug-likeness (QED) is 0.747. The van der Waals surface area contributed by atoms with E-state index in [0.29, 0.717) is 10.7 Å². The molecule has 2 aromatic heterocycles. The minimum Gasteiger partial charge on any atom is -0.481 e. The van der Waals surface area contributed by atoms with Gasteiger partial charge in [-0.1, -0.05) is 30.3 Å². The third-order valence-corrected chi connectivity index (χ3v) is 5.96. The van der Waals surface area contributed by atoms with Gasteiger partial charge >= 0.3 is 5.97 Å². The summed E-state index contributed by atoms with van der Waals surface area (Å²) in [5, 5.41) is 11.4. The number of aromatic nitrogens is 2. The highest BCUT2D eigenvalue weighted by molar-refractivity contribution is 7.15. The van der Waals surface area contributed by atoms with Crippen LogP contribution in [0.2, 0.25) is 0 Å². The van der Waals surface area contributed by atoms with Crippen molar-refractivity contribution in [2.75, 3.05) is 13.1 Å². The molecule has 1 saturated heterocycles. The highest BCUT2D eigenvalue weighted by Gasteiger charge is 2.41. The summed E-state index contributed by atoms with van der Waals surface area (Å²) < 4.78 is 1.41. The number of aliphatic carboxylic acids is 1. The zero-order chi connectivity index (χ0) is 19.1. The number of aryl methyl sites for hydroxylation is 1. The molecule has 0 radical (unpaired) electrons. The van der Waals surface area contributed by atoms with E-state index in [4.69, 9.17) is 0 Å². The first-order valence-corrected chi connectivity index (χ1v) is 9.38. The van der Waals surface area contributed by atoms with Crippen molar-refractivity contribution in [2.24, 2.45) is 5.92 Å². The molecule has 2 unspecified atom stereocenters. The van der Waals surface area contributed by atoms with E-state index in [1.807, 2.05) is 30.3 Å². The van der Waals surface area contributed by atoms with Gasteiger partial charge in [-0.2, -0.15) is 0 Å². The highest BCUT2D eigenvalue weighted by Crippen LogP contribution is 2.33. The smallest absolute Gasteiger partial charge is 0.308 e. The van der Waals surface area contributed by atoms with Gasteiger partial charge in [-0.15, -0.1) is 11.3 Å². The minimum absolute atomic E-state index is 0.0353. The van der Waals surface area contributed by atoms with E-state index in [1.54, 1.807) is 12.3 Å². The summed E-state index contributed by atoms with van der Waals surface area (Å²) in [4.78, 5) is 43.6. The lowest BCUT2D eigenvalue weighted by Crippen LogP contribution is -2.35. The average Bonchev–Trinajstić information content (AvgIpc) is 3.27. The van der Waals surface area contributed by atoms with E-state index in [1.165, 1.54) is 26.8 Å². The molecule has 7 nitrogen and oxygen atoms in total. The number of likely N-dealkylation sites (tertiary alicyclic amines) is 1. The van der Waals surface area contributed by atoms with Gasteiger partial charge in [0.05, 0.1) is 5.92 Å². The number of hydrogen-bond donors (Lipinski definition) is 1. The predicted molar refractivity (Wildman–Crippen MR) is 100 cm³/mol. The molecule has 1 aliphatic rings. The number of rotatable bonds is 3. The number of benzene rings is 1. The second-order valence-corrected chi connectivity index (χ2v) is 7.48. The third-order valence-electron chi connectivity index (χ3n) is 5.00. The Morgan fingerprint density at radius 1 is 1.22 bits per heavy atom. The Morgan fingerprint density at radius 3 is 2.67 bits per heavy atom. The summed E-state index contributed by atoms with van der Waals surface area (Å²) in [5.74, 6) is -2.44. The van der Waals surface area contributed by atoms with Crippen molar-refractivity contribution in [3.63, 3.8) is 0 Å². The number of amides is 1. The maximum absolute atomic E-state index is 13.0. The molecule has 27 heavy (non-hydrogen) atoms. The molecule has 0 bridgehead atoms. The highest BCUT2D eigenvalue weighted by atomic mass is 32.1. The van der Waals surface area contributed by atoms with Gasteiger partial charge in [0.25, 0.3) is 11.5 Å². The molecule has 1 N–H and O–H groups in total. The van der Waals surface area contributed by atoms with Gasteiger partial charge < -0.3 is 10.0 Å². The maximum Gasteiger partial charge on any atom is 0.308 e. The number of nitrogens with zero attached hydrogens (tertiary/aromatic N) is 3. The lowest BCUT2D eigenvalue weighted by Gasteiger charge is -2.16. The van der Waals surface area contributed by atoms with Gasteiger partial charge in [0, 0.05) is 36.3 Å². The lowest BCUT2D eigenvalue weighted by atomic mass is 9.89. The van der Waals surface area contributed by atoms with Crippen molar-refractivity contribution in [1.29, 1.82) is 0 Å². The third kappa shape index (κ3) is 2.91. The van der Waals surface area contributed by atoms with Crippen LogP contribution in [0.1, 0.15) is 27.5 Å². The van der Waals surface area contributed by atoms with E-state index in [2.05, 4.69) is 4.98 Å². The molecule has 4 rings (SSSR count). The second-order valence-electron chi connectivity index (χ2n) is 6.64. The van der Waals surface area contributed by atoms with Crippen LogP contribution in [0, 0.1) is 12.8 Å². The number of carboxylic acid groups (broad SMARTS) is 1. The van der Waals surface area contributed by atoms with E-state index >= 15 is 0 Å². The van der Waals surface area contributed by atoms with E-state index in [0.717, 1.165) is 5.56 Å². The minimum atomic E-state index is -0.946. The molecule has 2 atom stereocenters. The van der Waals surface area contributed by atoms with Gasteiger partial charge in [0.1, 0.15) is 5.56 Å². The van der Waals surface area contributed by atoms with E-state index in [9.17, 15) is 19.5 Å². The molecule has 138 valence electrons. The van der Waals surface area contributed by atoms with Crippen molar-refractivity contribution < 1.29 is 14.7 Å². The molecular weight excluding hydrogens is 366 g/mol. The molecule has 8 heteroatoms. The monoisotopic (exact) mass is 383 g/mol. The first kappa shape index (κ1) is 17.4. The summed E-state index contributed by atoms with van der Waals surface area (Å²) in [6.07, 6.45) is 1.29. The number of carbonyl (C=O) groups is 2. The molecule has 0 spiro atoms. The largest absolute Gasteiger partial charge is 0.481 e. The van der Waals surface area contributed by atoms with Gasteiger partial charge in [0.2, 0.25) is 0 Å². The topological polar surface area (TPSA) is 92.0 Å². The summed E-state index contributed by atoms with van der Waals surface area (Å²) in [6, 6.07) is 9.30. The van der Waals surface area contributed by atoms with Gasteiger partial charge in [0.15, 0.2) is 4.96 Å². The fraction of sp³-hybridized carbons (Fsp3) is 0.263. The summed E-state index contributed by atoms with van der Waals surface area (Å²) in [7, 11) is 0. The molecule has 3 aromatic rings. The molecule has 3 heterocycles. The van der Waals surface area contributed by atoms with Crippen molar-refractivity contribution in [1.82, 2.24) is 14.3 Å². The summed E-state index contributed by atoms with van der Waals surface area (Å²) in [5.41, 5.74) is 1.14. The first-order valence-electron chi connectivity index (χ1n) is 8.50. The van der Waals surface area contributed by atoms with Crippen LogP contribution in [0.25, 0.3) is 4.96 Å². The van der Waals surface area contributed by atoms with Crippen LogP contribution in [0.5, 0.6) is 0 Å². The first-order chi connectivity index (χ1) is 13.0. The van der Waals surface area contributed by atoms with Crippen LogP contribution in [0.4, 0.5) is 0 Å². The lowest BCUT2D eigenvalue weighted by molar-refractivity contribution is -0.141. The normalized spacial score (nSPS) is 19.5. The average molecular weight is 383 g/mol. The molecule has 1 aliphatic heterocycles. The zero-order valence-corrected chi connectivity index (χ0v) is 15.3. The number of thiazole rings is 1. The summed E-state index contributed by atoms with van der Waals surface area (Å²) >= 11 is 1.33. The van der Waals surface area contributed by atoms with E-state index in [-0.39, 0.29) is 24.6 Å². The Balaban J connectivity index is 1.69. The Bertz CT molecular complexity index is 1090. The van der Waals surface area contributed by atoms with Crippen molar-refractivity contribution in [2.45, 2.75) is 12.8 Å². The number of hydrogen-bond acceptors (Lipinski definition) is 5. The van der Waals surface area contributed by atoms with Crippen LogP contribution in [-0.4, -0.2) is 44.4 Å². The number of carbonyl (C=O) groups excluding carboxylic acids is 1. The van der Waals surface area contributed by atoms with Crippen LogP contribution < -0.4 is 5.56 Å². The predicted octanol–water partition coefficient (Wildman–Crippen LogP) is 2.00. The van der Waals surface area contributed by atoms with Crippen molar-refractivity contribution in [3.05, 3.63) is 69.1 Å². The van der Waals surface area contributed by atoms with Gasteiger partial charge in [-0.05, 0) is 12.5 Å². The van der Waals surface area contributed by atoms with Crippen LogP contribution >= 0.6 is 11.3 Å². The van der Waals surface area contributed by atoms with Crippen LogP contribution in [-0.2, 0) is 4.79 Å². The van der Waals surface area contributed by atoms with Crippen molar-refractivity contribution in [3.8, 4) is 0 Å². The second kappa shape index (κ2) is 6.62. The van der Waals surface area contributed by atoms with Gasteiger partial charge in [-0.25, -0.2) is 4.98 Å². The standard InChI is InChI=1S/C19H17N3O4S/c1-11-10-27-19-20-7-13(17(24)22(11)19)16(23)21-8-14(15(9-21)18(25)26)12-5-3-2-4-6-12/h2-7,10,14-15H,8-9H2,1H3,(H,25,26). The van der Waals surface area contributed by atoms with Crippen molar-refractivity contribution >= 4 is 28.2 Å². The molecular formula is C19H17N3O4S. The Labute approximate surface area is 158 Å². The number of carboxylic acids is 1. The zero-order valence-electron chi connectivity index (χ0n) is 14.5. The Morgan fingerprint density at radius 2 is 1.96 bits per heavy atom. The SMILES string of the molecule is Cc1csc2ncc(C(=O)N3CC(C(=O)O)C(c4ccccc4)C3)c(=O)n12.